The number of nitrogens with one attached hydrogen (secondary N) is 2. The maximum absolute atomic E-state index is 13.4. The lowest BCUT2D eigenvalue weighted by atomic mass is 10.0. The standard InChI is InChI=1S/C23H23ClFN5/c24-20-19(21(26)16-7-3-1-4-8-16)23(27-12-14-30-13-11-18(25)15-30)29-28-22(20)17-9-5-2-6-10-17/h1-10,18,26H,11-15H2,(H,27,29). The van der Waals surface area contributed by atoms with E-state index in [1.807, 2.05) is 60.7 Å². The van der Waals surface area contributed by atoms with Gasteiger partial charge >= 0.3 is 0 Å². The van der Waals surface area contributed by atoms with Crippen molar-refractivity contribution in [1.29, 1.82) is 5.41 Å². The van der Waals surface area contributed by atoms with E-state index in [4.69, 9.17) is 17.0 Å². The molecule has 2 N–H and O–H groups in total. The fourth-order valence-corrected chi connectivity index (χ4v) is 3.95. The van der Waals surface area contributed by atoms with Crippen LogP contribution in [0.1, 0.15) is 17.5 Å². The van der Waals surface area contributed by atoms with Crippen molar-refractivity contribution in [1.82, 2.24) is 15.1 Å². The Labute approximate surface area is 180 Å². The molecule has 0 bridgehead atoms. The Balaban J connectivity index is 1.64. The largest absolute Gasteiger partial charge is 0.367 e. The third-order valence-corrected chi connectivity index (χ3v) is 5.58. The molecule has 2 aromatic carbocycles. The number of hydrogen-bond acceptors (Lipinski definition) is 5. The van der Waals surface area contributed by atoms with Crippen molar-refractivity contribution in [2.75, 3.05) is 31.5 Å². The molecule has 4 rings (SSSR count). The second-order valence-electron chi connectivity index (χ2n) is 7.31. The van der Waals surface area contributed by atoms with Gasteiger partial charge in [0.2, 0.25) is 0 Å². The van der Waals surface area contributed by atoms with E-state index in [2.05, 4.69) is 20.4 Å². The van der Waals surface area contributed by atoms with Crippen LogP contribution >= 0.6 is 11.6 Å². The molecule has 1 unspecified atom stereocenters. The Morgan fingerprint density at radius 2 is 1.80 bits per heavy atom. The first-order chi connectivity index (χ1) is 14.6. The molecule has 7 heteroatoms. The maximum atomic E-state index is 13.4. The Bertz CT molecular complexity index is 1010. The third-order valence-electron chi connectivity index (χ3n) is 5.21. The van der Waals surface area contributed by atoms with Gasteiger partial charge in [-0.05, 0) is 6.42 Å². The average molecular weight is 424 g/mol. The van der Waals surface area contributed by atoms with E-state index in [-0.39, 0.29) is 5.71 Å². The second kappa shape index (κ2) is 9.32. The number of benzene rings is 2. The summed E-state index contributed by atoms with van der Waals surface area (Å²) in [5.41, 5.74) is 2.92. The van der Waals surface area contributed by atoms with Gasteiger partial charge in [-0.1, -0.05) is 72.3 Å². The van der Waals surface area contributed by atoms with Crippen molar-refractivity contribution in [2.24, 2.45) is 0 Å². The van der Waals surface area contributed by atoms with Crippen LogP contribution < -0.4 is 5.32 Å². The van der Waals surface area contributed by atoms with Crippen molar-refractivity contribution >= 4 is 23.1 Å². The molecule has 0 amide bonds. The normalized spacial score (nSPS) is 16.5. The highest BCUT2D eigenvalue weighted by Crippen LogP contribution is 2.33. The maximum Gasteiger partial charge on any atom is 0.159 e. The molecule has 5 nitrogen and oxygen atoms in total. The molecule has 1 aliphatic rings. The van der Waals surface area contributed by atoms with E-state index in [1.165, 1.54) is 0 Å². The molecule has 30 heavy (non-hydrogen) atoms. The zero-order valence-corrected chi connectivity index (χ0v) is 17.2. The quantitative estimate of drug-likeness (QED) is 0.542. The molecule has 1 atom stereocenters. The monoisotopic (exact) mass is 423 g/mol. The first-order valence-corrected chi connectivity index (χ1v) is 10.4. The molecule has 0 saturated carbocycles. The summed E-state index contributed by atoms with van der Waals surface area (Å²) in [5.74, 6) is 0.463. The van der Waals surface area contributed by atoms with Crippen LogP contribution in [0.5, 0.6) is 0 Å². The topological polar surface area (TPSA) is 64.9 Å². The Morgan fingerprint density at radius 3 is 2.47 bits per heavy atom. The van der Waals surface area contributed by atoms with Gasteiger partial charge in [-0.3, -0.25) is 10.3 Å². The van der Waals surface area contributed by atoms with Crippen LogP contribution in [0.15, 0.2) is 60.7 Å². The third kappa shape index (κ3) is 4.50. The fraction of sp³-hybridized carbons (Fsp3) is 0.261. The number of alkyl halides is 1. The van der Waals surface area contributed by atoms with Gasteiger partial charge in [0.1, 0.15) is 11.9 Å². The Kier molecular flexibility index (Phi) is 6.35. The van der Waals surface area contributed by atoms with E-state index in [9.17, 15) is 4.39 Å². The van der Waals surface area contributed by atoms with E-state index in [0.29, 0.717) is 48.2 Å². The smallest absolute Gasteiger partial charge is 0.159 e. The van der Waals surface area contributed by atoms with E-state index in [1.54, 1.807) is 0 Å². The molecule has 154 valence electrons. The minimum atomic E-state index is -0.744. The highest BCUT2D eigenvalue weighted by atomic mass is 35.5. The summed E-state index contributed by atoms with van der Waals surface area (Å²) in [6, 6.07) is 19.0. The lowest BCUT2D eigenvalue weighted by Crippen LogP contribution is -2.28. The van der Waals surface area contributed by atoms with E-state index in [0.717, 1.165) is 17.7 Å². The fourth-order valence-electron chi connectivity index (χ4n) is 3.62. The summed E-state index contributed by atoms with van der Waals surface area (Å²) in [5, 5.41) is 21.1. The van der Waals surface area contributed by atoms with Crippen molar-refractivity contribution in [3.8, 4) is 11.3 Å². The summed E-state index contributed by atoms with van der Waals surface area (Å²) < 4.78 is 13.4. The number of likely N-dealkylation sites (tertiary alicyclic amines) is 1. The van der Waals surface area contributed by atoms with E-state index >= 15 is 0 Å². The zero-order chi connectivity index (χ0) is 20.9. The molecule has 2 heterocycles. The summed E-state index contributed by atoms with van der Waals surface area (Å²) >= 11 is 6.78. The van der Waals surface area contributed by atoms with Crippen molar-refractivity contribution in [3.63, 3.8) is 0 Å². The SMILES string of the molecule is N=C(c1ccccc1)c1c(NCCN2CCC(F)C2)nnc(-c2ccccc2)c1Cl. The van der Waals surface area contributed by atoms with Gasteiger partial charge in [0.05, 0.1) is 16.3 Å². The molecule has 0 aliphatic carbocycles. The highest BCUT2D eigenvalue weighted by molar-refractivity contribution is 6.38. The molecule has 1 fully saturated rings. The van der Waals surface area contributed by atoms with Gasteiger partial charge in [-0.25, -0.2) is 4.39 Å². The summed E-state index contributed by atoms with van der Waals surface area (Å²) in [7, 11) is 0. The number of nitrogens with zero attached hydrogens (tertiary/aromatic N) is 3. The highest BCUT2D eigenvalue weighted by Gasteiger charge is 2.23. The number of rotatable bonds is 7. The van der Waals surface area contributed by atoms with Crippen LogP contribution in [-0.2, 0) is 0 Å². The molecule has 1 saturated heterocycles. The predicted octanol–water partition coefficient (Wildman–Crippen LogP) is 4.67. The first-order valence-electron chi connectivity index (χ1n) is 9.99. The van der Waals surface area contributed by atoms with Gasteiger partial charge in [0.25, 0.3) is 0 Å². The van der Waals surface area contributed by atoms with Crippen LogP contribution in [0.4, 0.5) is 10.2 Å². The van der Waals surface area contributed by atoms with E-state index < -0.39 is 6.17 Å². The van der Waals surface area contributed by atoms with Crippen molar-refractivity contribution < 1.29 is 4.39 Å². The Morgan fingerprint density at radius 1 is 1.10 bits per heavy atom. The second-order valence-corrected chi connectivity index (χ2v) is 7.68. The zero-order valence-electron chi connectivity index (χ0n) is 16.5. The van der Waals surface area contributed by atoms with Gasteiger partial charge in [0.15, 0.2) is 5.82 Å². The number of halogens is 2. The summed E-state index contributed by atoms with van der Waals surface area (Å²) in [6.45, 7) is 2.48. The lowest BCUT2D eigenvalue weighted by Gasteiger charge is -2.18. The van der Waals surface area contributed by atoms with Gasteiger partial charge in [-0.15, -0.1) is 10.2 Å². The molecule has 3 aromatic rings. The number of anilines is 1. The lowest BCUT2D eigenvalue weighted by molar-refractivity contribution is 0.295. The number of hydrogen-bond donors (Lipinski definition) is 2. The van der Waals surface area contributed by atoms with Crippen LogP contribution in [0.2, 0.25) is 5.02 Å². The van der Waals surface area contributed by atoms with Crippen LogP contribution in [0, 0.1) is 5.41 Å². The van der Waals surface area contributed by atoms with Crippen molar-refractivity contribution in [3.05, 3.63) is 76.8 Å². The molecular weight excluding hydrogens is 401 g/mol. The van der Waals surface area contributed by atoms with Gasteiger partial charge in [0, 0.05) is 37.3 Å². The molecular formula is C23H23ClFN5. The van der Waals surface area contributed by atoms with Crippen LogP contribution in [0.3, 0.4) is 0 Å². The average Bonchev–Trinajstić information content (AvgIpc) is 3.20. The number of aromatic nitrogens is 2. The van der Waals surface area contributed by atoms with Gasteiger partial charge in [-0.2, -0.15) is 0 Å². The molecule has 1 aromatic heterocycles. The summed E-state index contributed by atoms with van der Waals surface area (Å²) in [6.07, 6.45) is -0.160. The Hall–Kier alpha value is -2.83. The van der Waals surface area contributed by atoms with Gasteiger partial charge < -0.3 is 5.32 Å². The minimum Gasteiger partial charge on any atom is -0.367 e. The molecule has 1 aliphatic heterocycles. The summed E-state index contributed by atoms with van der Waals surface area (Å²) in [4.78, 5) is 2.08. The molecule has 0 spiro atoms. The van der Waals surface area contributed by atoms with Crippen LogP contribution in [-0.4, -0.2) is 53.2 Å². The van der Waals surface area contributed by atoms with Crippen molar-refractivity contribution in [2.45, 2.75) is 12.6 Å². The minimum absolute atomic E-state index is 0.278. The predicted molar refractivity (Wildman–Crippen MR) is 119 cm³/mol. The van der Waals surface area contributed by atoms with Crippen LogP contribution in [0.25, 0.3) is 11.3 Å². The first kappa shape index (κ1) is 20.4. The molecule has 0 radical (unpaired) electrons.